The second-order valence-electron chi connectivity index (χ2n) is 22.3. The van der Waals surface area contributed by atoms with E-state index in [0.717, 1.165) is 22.8 Å². The summed E-state index contributed by atoms with van der Waals surface area (Å²) in [6.45, 7) is 5.35. The highest BCUT2D eigenvalue weighted by atomic mass is 32.2. The maximum atomic E-state index is 14.4. The minimum Gasteiger partial charge on any atom is -0.457 e. The molecule has 2 aromatic carbocycles. The summed E-state index contributed by atoms with van der Waals surface area (Å²) in [5, 5.41) is 19.5. The fraction of sp³-hybridized carbons (Fsp3) is 0.452. The lowest BCUT2D eigenvalue weighted by Gasteiger charge is -2.35. The number of carbonyl (C=O) groups is 6. The Kier molecular flexibility index (Phi) is 24.0. The van der Waals surface area contributed by atoms with Crippen molar-refractivity contribution in [3.05, 3.63) is 123 Å². The fourth-order valence-electron chi connectivity index (χ4n) is 10.5. The number of benzene rings is 2. The molecule has 6 aromatic rings. The molecule has 2 atom stereocenters. The van der Waals surface area contributed by atoms with Crippen LogP contribution in [0.2, 0.25) is 0 Å². The normalized spacial score (nSPS) is 14.5. The number of amides is 4. The Morgan fingerprint density at radius 1 is 0.903 bits per heavy atom. The maximum absolute atomic E-state index is 14.4. The predicted octanol–water partition coefficient (Wildman–Crippen LogP) is 2.68. The Labute approximate surface area is 537 Å². The molecular weight excluding hydrogens is 1250 g/mol. The smallest absolute Gasteiger partial charge is 0.457 e. The van der Waals surface area contributed by atoms with Gasteiger partial charge >= 0.3 is 12.1 Å². The number of nitrogens with one attached hydrogen (secondary N) is 4. The average molecular weight is 1320 g/mol. The van der Waals surface area contributed by atoms with Crippen molar-refractivity contribution in [3.8, 4) is 23.2 Å². The van der Waals surface area contributed by atoms with E-state index in [1.807, 2.05) is 24.3 Å². The number of rotatable bonds is 32. The molecule has 0 bridgehead atoms. The van der Waals surface area contributed by atoms with Crippen LogP contribution in [0.4, 0.5) is 10.5 Å². The molecule has 0 saturated carbocycles. The number of unbranched alkanes of at least 4 members (excludes halogenated alkanes) is 2. The lowest BCUT2D eigenvalue weighted by atomic mass is 9.85. The Bertz CT molecular complexity index is 4080. The van der Waals surface area contributed by atoms with Crippen molar-refractivity contribution in [1.82, 2.24) is 54.8 Å². The molecule has 4 aromatic heterocycles. The molecule has 0 unspecified atom stereocenters. The fourth-order valence-corrected chi connectivity index (χ4v) is 12.2. The summed E-state index contributed by atoms with van der Waals surface area (Å²) in [6.07, 6.45) is 8.01. The zero-order valence-corrected chi connectivity index (χ0v) is 53.9. The third kappa shape index (κ3) is 18.6. The number of ether oxygens (including phenoxy) is 5. The second kappa shape index (κ2) is 32.0. The van der Waals surface area contributed by atoms with Gasteiger partial charge in [-0.3, -0.25) is 24.0 Å². The number of nitrogens with two attached hydrogens (primary N) is 1. The number of hydrogen-bond acceptors (Lipinski definition) is 22. The number of sulfonamides is 1. The van der Waals surface area contributed by atoms with Gasteiger partial charge in [-0.15, -0.1) is 5.10 Å². The van der Waals surface area contributed by atoms with Gasteiger partial charge in [0.1, 0.15) is 38.2 Å². The van der Waals surface area contributed by atoms with E-state index in [0.29, 0.717) is 84.6 Å². The molecule has 93 heavy (non-hydrogen) atoms. The number of pyridine rings is 2. The van der Waals surface area contributed by atoms with Crippen molar-refractivity contribution < 1.29 is 69.3 Å². The molecule has 0 radical (unpaired) electrons. The van der Waals surface area contributed by atoms with Gasteiger partial charge < -0.3 is 55.3 Å². The summed E-state index contributed by atoms with van der Waals surface area (Å²) in [5.41, 5.74) is 8.31. The van der Waals surface area contributed by atoms with Crippen molar-refractivity contribution in [2.45, 2.75) is 128 Å². The van der Waals surface area contributed by atoms with Crippen LogP contribution in [0.25, 0.3) is 22.3 Å². The SMILES string of the molecule is CC[C@@]1(OC(=O)OCc2ccc(NC(=O)[C@H](CCCCN)NC(=O)COCC(=O)NCCOCCn3cc(CNC(=O)CCCC#Cc4cnc(S(C)(=O)=O)nc4)nn3)cc2)C(=O)OCc2c1cc1n(c2=O)Cc2c-1nc1ccccc1c2CCN(C(C)C)S(C)(=O)=O. The van der Waals surface area contributed by atoms with E-state index in [1.165, 1.54) is 27.5 Å². The lowest BCUT2D eigenvalue weighted by Crippen LogP contribution is -2.47. The first-order valence-corrected chi connectivity index (χ1v) is 33.9. The first-order chi connectivity index (χ1) is 44.5. The number of carbonyl (C=O) groups excluding carboxylic acids is 6. The third-order valence-electron chi connectivity index (χ3n) is 15.1. The van der Waals surface area contributed by atoms with Gasteiger partial charge in [-0.1, -0.05) is 54.3 Å². The minimum atomic E-state index is -3.54. The average Bonchev–Trinajstić information content (AvgIpc) is 1.65. The Morgan fingerprint density at radius 3 is 2.38 bits per heavy atom. The topological polar surface area (TPSA) is 386 Å². The number of nitrogens with zero attached hydrogens (tertiary/aromatic N) is 8. The maximum Gasteiger partial charge on any atom is 0.510 e. The summed E-state index contributed by atoms with van der Waals surface area (Å²) >= 11 is 0. The number of esters is 1. The molecular formula is C62H75N13O16S2. The van der Waals surface area contributed by atoms with E-state index in [1.54, 1.807) is 62.0 Å². The number of sulfone groups is 1. The highest BCUT2D eigenvalue weighted by Crippen LogP contribution is 2.42. The van der Waals surface area contributed by atoms with Crippen molar-refractivity contribution in [2.75, 3.05) is 63.9 Å². The molecule has 0 spiro atoms. The molecule has 0 aliphatic carbocycles. The first-order valence-electron chi connectivity index (χ1n) is 30.1. The molecule has 6 N–H and O–H groups in total. The van der Waals surface area contributed by atoms with Crippen molar-refractivity contribution >= 4 is 72.2 Å². The molecule has 29 nitrogen and oxygen atoms in total. The first kappa shape index (κ1) is 69.8. The zero-order valence-electron chi connectivity index (χ0n) is 52.2. The molecule has 2 aliphatic rings. The van der Waals surface area contributed by atoms with Crippen LogP contribution in [-0.2, 0) is 112 Å². The molecule has 31 heteroatoms. The van der Waals surface area contributed by atoms with Crippen LogP contribution in [0.3, 0.4) is 0 Å². The molecule has 2 aliphatic heterocycles. The van der Waals surface area contributed by atoms with Crippen LogP contribution in [0, 0.1) is 11.8 Å². The largest absolute Gasteiger partial charge is 0.510 e. The number of fused-ring (bicyclic) bond motifs is 5. The Hall–Kier alpha value is -9.06. The van der Waals surface area contributed by atoms with Gasteiger partial charge in [-0.25, -0.2) is 46.1 Å². The molecule has 496 valence electrons. The summed E-state index contributed by atoms with van der Waals surface area (Å²) in [5.74, 6) is 2.99. The van der Waals surface area contributed by atoms with Gasteiger partial charge in [0.2, 0.25) is 54.2 Å². The molecule has 0 fully saturated rings. The number of aromatic nitrogens is 7. The van der Waals surface area contributed by atoms with Gasteiger partial charge in [0.25, 0.3) is 5.56 Å². The van der Waals surface area contributed by atoms with Crippen LogP contribution in [0.1, 0.15) is 105 Å². The quantitative estimate of drug-likeness (QED) is 0.0175. The van der Waals surface area contributed by atoms with E-state index in [2.05, 4.69) is 53.4 Å². The van der Waals surface area contributed by atoms with Gasteiger partial charge in [-0.2, -0.15) is 4.31 Å². The monoisotopic (exact) mass is 1320 g/mol. The summed E-state index contributed by atoms with van der Waals surface area (Å²) in [7, 11) is -7.04. The number of para-hydroxylation sites is 1. The second-order valence-corrected chi connectivity index (χ2v) is 26.2. The Balaban J connectivity index is 0.748. The number of anilines is 1. The minimum absolute atomic E-state index is 0.118. The summed E-state index contributed by atoms with van der Waals surface area (Å²) < 4.78 is 80.8. The van der Waals surface area contributed by atoms with Crippen LogP contribution < -0.4 is 32.6 Å². The molecule has 4 amide bonds. The van der Waals surface area contributed by atoms with Crippen LogP contribution in [0.5, 0.6) is 0 Å². The van der Waals surface area contributed by atoms with Crippen molar-refractivity contribution in [1.29, 1.82) is 0 Å². The summed E-state index contributed by atoms with van der Waals surface area (Å²) in [6, 6.07) is 14.1. The van der Waals surface area contributed by atoms with E-state index < -0.39 is 80.1 Å². The van der Waals surface area contributed by atoms with E-state index in [9.17, 15) is 50.4 Å². The van der Waals surface area contributed by atoms with Gasteiger partial charge in [-0.05, 0) is 94.3 Å². The molecule has 8 rings (SSSR count). The van der Waals surface area contributed by atoms with Crippen LogP contribution in [0.15, 0.2) is 83.1 Å². The summed E-state index contributed by atoms with van der Waals surface area (Å²) in [4.78, 5) is 106. The standard InChI is InChI=1S/C62H75N13O16S2/c1-6-62(49-30-52-56-47(35-74(52)58(80)48(49)37-89-59(62)81)45(46-15-10-11-16-50(46)70-56)23-26-75(40(2)3)93(5,85)86)91-61(82)90-36-41-19-21-43(22-20-41)68-57(79)51(17-12-13-24-63)69-55(78)39-88-38-54(77)64-25-28-87-29-27-73-34-44(71-72-73)33-65-53(76)18-9-7-8-14-42-31-66-60(67-32-42)92(4,83)84/h10-11,15-16,19-22,30-32,34,40,51H,6-7,9,12-13,17-18,23-29,33,35-39,63H2,1-5H3,(H,64,77)(H,65,76)(H,68,79)(H,69,78)/t51-,62-/m0/s1. The van der Waals surface area contributed by atoms with Gasteiger partial charge in [0.15, 0.2) is 0 Å². The zero-order chi connectivity index (χ0) is 66.9. The van der Waals surface area contributed by atoms with E-state index in [4.69, 9.17) is 34.4 Å². The van der Waals surface area contributed by atoms with Crippen LogP contribution >= 0.6 is 0 Å². The van der Waals surface area contributed by atoms with E-state index in [-0.39, 0.29) is 100 Å². The predicted molar refractivity (Wildman–Crippen MR) is 336 cm³/mol. The number of hydrogen-bond donors (Lipinski definition) is 5. The van der Waals surface area contributed by atoms with Crippen molar-refractivity contribution in [2.24, 2.45) is 5.73 Å². The van der Waals surface area contributed by atoms with Crippen molar-refractivity contribution in [3.63, 3.8) is 0 Å². The van der Waals surface area contributed by atoms with Gasteiger partial charge in [0, 0.05) is 72.8 Å². The van der Waals surface area contributed by atoms with E-state index >= 15 is 0 Å². The third-order valence-corrected chi connectivity index (χ3v) is 17.5. The number of cyclic esters (lactones) is 1. The highest BCUT2D eigenvalue weighted by molar-refractivity contribution is 7.90. The van der Waals surface area contributed by atoms with Crippen LogP contribution in [-0.4, -0.2) is 162 Å². The molecule has 6 heterocycles. The lowest BCUT2D eigenvalue weighted by molar-refractivity contribution is -0.175. The molecule has 0 saturated heterocycles. The highest BCUT2D eigenvalue weighted by Gasteiger charge is 2.51. The van der Waals surface area contributed by atoms with Gasteiger partial charge in [0.05, 0.1) is 73.3 Å². The Morgan fingerprint density at radius 2 is 1.66 bits per heavy atom.